The number of carbonyl (C=O) groups excluding carboxylic acids is 5. The number of nitrogens with one attached hydrogen (secondary N) is 4. The van der Waals surface area contributed by atoms with Crippen LogP contribution in [0.1, 0.15) is 75.4 Å². The molecule has 0 aliphatic carbocycles. The van der Waals surface area contributed by atoms with Gasteiger partial charge in [0.15, 0.2) is 0 Å². The van der Waals surface area contributed by atoms with Gasteiger partial charge in [0, 0.05) is 56.1 Å². The molecule has 2 fully saturated rings. The lowest BCUT2D eigenvalue weighted by molar-refractivity contribution is -0.139. The summed E-state index contributed by atoms with van der Waals surface area (Å²) in [6.45, 7) is 6.32. The van der Waals surface area contributed by atoms with Crippen molar-refractivity contribution in [2.24, 2.45) is 11.8 Å². The molecule has 0 spiro atoms. The number of benzene rings is 2. The third-order valence-electron chi connectivity index (χ3n) is 9.59. The zero-order valence-corrected chi connectivity index (χ0v) is 29.4. The number of phenolic OH excluding ortho intramolecular Hbond substituents is 1. The first-order valence-corrected chi connectivity index (χ1v) is 17.7. The number of nitrogens with zero attached hydrogens (tertiary/aromatic N) is 2. The first kappa shape index (κ1) is 37.1. The largest absolute Gasteiger partial charge is 0.508 e. The fourth-order valence-electron chi connectivity index (χ4n) is 6.63. The number of hydrogen-bond donors (Lipinski definition) is 5. The number of phenols is 1. The molecular formula is C38H48N6O7. The second-order valence-corrected chi connectivity index (χ2v) is 14.0. The number of amides is 5. The second-order valence-electron chi connectivity index (χ2n) is 14.0. The molecule has 0 saturated carbocycles. The highest BCUT2D eigenvalue weighted by molar-refractivity contribution is 5.93. The van der Waals surface area contributed by atoms with Crippen LogP contribution in [0.5, 0.6) is 5.75 Å². The number of fused-ring (bicyclic) bond motifs is 1. The molecule has 3 heterocycles. The molecule has 5 atom stereocenters. The Labute approximate surface area is 297 Å². The van der Waals surface area contributed by atoms with Crippen LogP contribution >= 0.6 is 0 Å². The summed E-state index contributed by atoms with van der Waals surface area (Å²) in [5, 5.41) is 25.5. The van der Waals surface area contributed by atoms with Gasteiger partial charge in [0.1, 0.15) is 23.5 Å². The topological polar surface area (TPSA) is 183 Å². The Balaban J connectivity index is 1.29. The lowest BCUT2D eigenvalue weighted by Crippen LogP contribution is -2.50. The molecule has 5 amide bonds. The van der Waals surface area contributed by atoms with Crippen molar-refractivity contribution in [2.45, 2.75) is 89.9 Å². The second kappa shape index (κ2) is 17.1. The molecule has 13 heteroatoms. The van der Waals surface area contributed by atoms with Crippen LogP contribution in [0.2, 0.25) is 0 Å². The standard InChI is InChI=1S/C38H48N6O7/c1-23(2)29-16-11-24(3)18-34(46)41-31(19-25-12-14-28(45)15-13-25)36(48)39-17-7-10-35(47)44-22-27(20-32(44)37(49)42-29)40-38(50)33-21-30(43-51-33)26-8-5-4-6-9-26/h4-6,8-9,12-15,21,23-24,27,29,31-32,45H,7,10-11,16-20,22H2,1-3H3,(H,39,48)(H,40,50)(H,41,46)(H,42,49)/t24-,27-,29+,31+,32+/m1/s1. The fraction of sp³-hybridized carbons (Fsp3) is 0.474. The van der Waals surface area contributed by atoms with Gasteiger partial charge in [-0.05, 0) is 55.2 Å². The Morgan fingerprint density at radius 3 is 2.49 bits per heavy atom. The molecule has 2 aliphatic heterocycles. The van der Waals surface area contributed by atoms with Crippen molar-refractivity contribution in [3.63, 3.8) is 0 Å². The maximum absolute atomic E-state index is 13.8. The summed E-state index contributed by atoms with van der Waals surface area (Å²) < 4.78 is 5.33. The van der Waals surface area contributed by atoms with Crippen molar-refractivity contribution in [3.8, 4) is 17.0 Å². The number of aromatic nitrogens is 1. The third-order valence-corrected chi connectivity index (χ3v) is 9.59. The van der Waals surface area contributed by atoms with E-state index < -0.39 is 24.0 Å². The fourth-order valence-corrected chi connectivity index (χ4v) is 6.63. The zero-order valence-electron chi connectivity index (χ0n) is 29.4. The molecular weight excluding hydrogens is 652 g/mol. The normalized spacial score (nSPS) is 24.2. The average molecular weight is 701 g/mol. The maximum Gasteiger partial charge on any atom is 0.290 e. The SMILES string of the molecule is CC(C)[C@@H]1CC[C@@H](C)CC(=O)N[C@@H](Cc2ccc(O)cc2)C(=O)NCCCC(=O)N2C[C@H](NC(=O)c3cc(-c4ccccc4)no3)C[C@H]2C(=O)N1. The lowest BCUT2D eigenvalue weighted by atomic mass is 9.92. The van der Waals surface area contributed by atoms with E-state index in [0.717, 1.165) is 11.1 Å². The minimum atomic E-state index is -0.841. The van der Waals surface area contributed by atoms with Gasteiger partial charge in [-0.15, -0.1) is 0 Å². The third kappa shape index (κ3) is 10.2. The summed E-state index contributed by atoms with van der Waals surface area (Å²) in [5.74, 6) is -1.48. The van der Waals surface area contributed by atoms with Crippen molar-refractivity contribution in [2.75, 3.05) is 13.1 Å². The molecule has 2 aromatic carbocycles. The molecule has 272 valence electrons. The predicted octanol–water partition coefficient (Wildman–Crippen LogP) is 3.33. The Bertz CT molecular complexity index is 1680. The molecule has 2 saturated heterocycles. The van der Waals surface area contributed by atoms with E-state index in [1.165, 1.54) is 17.0 Å². The van der Waals surface area contributed by atoms with Crippen molar-refractivity contribution in [1.82, 2.24) is 31.3 Å². The van der Waals surface area contributed by atoms with Crippen LogP contribution in [0.15, 0.2) is 65.2 Å². The van der Waals surface area contributed by atoms with Gasteiger partial charge in [-0.3, -0.25) is 24.0 Å². The molecule has 13 nitrogen and oxygen atoms in total. The van der Waals surface area contributed by atoms with E-state index >= 15 is 0 Å². The molecule has 5 rings (SSSR count). The van der Waals surface area contributed by atoms with Gasteiger partial charge >= 0.3 is 0 Å². The molecule has 5 N–H and O–H groups in total. The van der Waals surface area contributed by atoms with E-state index in [1.54, 1.807) is 18.2 Å². The van der Waals surface area contributed by atoms with E-state index in [4.69, 9.17) is 4.52 Å². The molecule has 3 aromatic rings. The van der Waals surface area contributed by atoms with Crippen molar-refractivity contribution < 1.29 is 33.6 Å². The molecule has 2 aliphatic rings. The first-order chi connectivity index (χ1) is 24.5. The van der Waals surface area contributed by atoms with Gasteiger partial charge in [-0.25, -0.2) is 0 Å². The monoisotopic (exact) mass is 700 g/mol. The van der Waals surface area contributed by atoms with Gasteiger partial charge in [0.2, 0.25) is 29.4 Å². The van der Waals surface area contributed by atoms with Gasteiger partial charge in [-0.2, -0.15) is 0 Å². The van der Waals surface area contributed by atoms with Gasteiger partial charge < -0.3 is 35.8 Å². The van der Waals surface area contributed by atoms with Gasteiger partial charge in [-0.1, -0.05) is 68.4 Å². The van der Waals surface area contributed by atoms with Crippen LogP contribution < -0.4 is 21.3 Å². The quantitative estimate of drug-likeness (QED) is 0.260. The highest BCUT2D eigenvalue weighted by Gasteiger charge is 2.41. The minimum Gasteiger partial charge on any atom is -0.508 e. The van der Waals surface area contributed by atoms with Crippen LogP contribution in [0.3, 0.4) is 0 Å². The Morgan fingerprint density at radius 1 is 1.02 bits per heavy atom. The van der Waals surface area contributed by atoms with Crippen LogP contribution in [0.25, 0.3) is 11.3 Å². The zero-order chi connectivity index (χ0) is 36.5. The highest BCUT2D eigenvalue weighted by atomic mass is 16.5. The summed E-state index contributed by atoms with van der Waals surface area (Å²) in [6, 6.07) is 15.0. The number of rotatable bonds is 6. The number of carbonyl (C=O) groups is 5. The first-order valence-electron chi connectivity index (χ1n) is 17.7. The van der Waals surface area contributed by atoms with E-state index in [9.17, 15) is 29.1 Å². The van der Waals surface area contributed by atoms with Crippen LogP contribution in [0.4, 0.5) is 0 Å². The molecule has 0 radical (unpaired) electrons. The minimum absolute atomic E-state index is 0.0259. The van der Waals surface area contributed by atoms with Crippen molar-refractivity contribution >= 4 is 29.5 Å². The van der Waals surface area contributed by atoms with E-state index in [0.29, 0.717) is 25.0 Å². The number of hydrogen-bond acceptors (Lipinski definition) is 8. The summed E-state index contributed by atoms with van der Waals surface area (Å²) in [4.78, 5) is 68.6. The molecule has 0 unspecified atom stereocenters. The van der Waals surface area contributed by atoms with Crippen molar-refractivity contribution in [1.29, 1.82) is 0 Å². The summed E-state index contributed by atoms with van der Waals surface area (Å²) in [6.07, 6.45) is 2.30. The van der Waals surface area contributed by atoms with Crippen LogP contribution in [-0.2, 0) is 25.6 Å². The molecule has 1 aromatic heterocycles. The summed E-state index contributed by atoms with van der Waals surface area (Å²) in [5.41, 5.74) is 2.10. The van der Waals surface area contributed by atoms with Crippen molar-refractivity contribution in [3.05, 3.63) is 72.0 Å². The summed E-state index contributed by atoms with van der Waals surface area (Å²) in [7, 11) is 0. The maximum atomic E-state index is 13.8. The van der Waals surface area contributed by atoms with Gasteiger partial charge in [0.05, 0.1) is 0 Å². The Kier molecular flexibility index (Phi) is 12.5. The number of aromatic hydroxyl groups is 1. The predicted molar refractivity (Wildman–Crippen MR) is 189 cm³/mol. The van der Waals surface area contributed by atoms with Gasteiger partial charge in [0.25, 0.3) is 5.91 Å². The summed E-state index contributed by atoms with van der Waals surface area (Å²) >= 11 is 0. The Hall–Kier alpha value is -5.20. The van der Waals surface area contributed by atoms with E-state index in [1.807, 2.05) is 51.1 Å². The van der Waals surface area contributed by atoms with Crippen LogP contribution in [0, 0.1) is 11.8 Å². The average Bonchev–Trinajstić information content (AvgIpc) is 3.77. The Morgan fingerprint density at radius 2 is 1.76 bits per heavy atom. The molecule has 51 heavy (non-hydrogen) atoms. The van der Waals surface area contributed by atoms with E-state index in [-0.39, 0.29) is 91.8 Å². The molecule has 0 bridgehead atoms. The van der Waals surface area contributed by atoms with E-state index in [2.05, 4.69) is 26.4 Å². The highest BCUT2D eigenvalue weighted by Crippen LogP contribution is 2.24. The lowest BCUT2D eigenvalue weighted by Gasteiger charge is -2.29. The van der Waals surface area contributed by atoms with Crippen LogP contribution in [-0.4, -0.2) is 82.0 Å². The smallest absolute Gasteiger partial charge is 0.290 e.